The molecule has 1 aliphatic rings. The smallest absolute Gasteiger partial charge is 0.0561 e. The molecule has 9 aromatic carbocycles. The van der Waals surface area contributed by atoms with Gasteiger partial charge in [0.15, 0.2) is 0 Å². The van der Waals surface area contributed by atoms with Crippen molar-refractivity contribution in [2.24, 2.45) is 0 Å². The minimum absolute atomic E-state index is 1.11. The average Bonchev–Trinajstić information content (AvgIpc) is 3.63. The molecule has 2 nitrogen and oxygen atoms in total. The van der Waals surface area contributed by atoms with E-state index in [9.17, 15) is 0 Å². The number of benzene rings is 9. The first-order chi connectivity index (χ1) is 28.8. The molecule has 0 saturated heterocycles. The summed E-state index contributed by atoms with van der Waals surface area (Å²) in [6, 6.07) is 83.7. The molecule has 0 aliphatic carbocycles. The Hall–Kier alpha value is -7.68. The summed E-state index contributed by atoms with van der Waals surface area (Å²) in [5.74, 6) is 0. The third-order valence-electron chi connectivity index (χ3n) is 11.5. The van der Waals surface area contributed by atoms with Gasteiger partial charge in [-0.25, -0.2) is 0 Å². The van der Waals surface area contributed by atoms with Gasteiger partial charge in [0.1, 0.15) is 0 Å². The number of hydrogen-bond acceptors (Lipinski definition) is 1. The molecule has 10 aromatic rings. The van der Waals surface area contributed by atoms with Gasteiger partial charge in [-0.3, -0.25) is 0 Å². The largest absolute Gasteiger partial charge is 0.309 e. The molecule has 11 rings (SSSR count). The van der Waals surface area contributed by atoms with E-state index in [1.807, 2.05) is 0 Å². The molecule has 0 N–H and O–H groups in total. The highest BCUT2D eigenvalue weighted by Gasteiger charge is 2.31. The van der Waals surface area contributed by atoms with Gasteiger partial charge in [0, 0.05) is 38.8 Å². The number of aromatic nitrogens is 1. The second-order valence-electron chi connectivity index (χ2n) is 14.9. The van der Waals surface area contributed by atoms with Crippen molar-refractivity contribution in [3.05, 3.63) is 253 Å². The van der Waals surface area contributed by atoms with Crippen LogP contribution in [0, 0.1) is 0 Å². The van der Waals surface area contributed by atoms with Crippen molar-refractivity contribution in [3.63, 3.8) is 0 Å². The first-order valence-corrected chi connectivity index (χ1v) is 19.9. The Morgan fingerprint density at radius 2 is 0.776 bits per heavy atom. The number of anilines is 3. The summed E-state index contributed by atoms with van der Waals surface area (Å²) in [6.45, 7) is 0. The number of para-hydroxylation sites is 2. The lowest BCUT2D eigenvalue weighted by atomic mass is 9.82. The first-order valence-electron chi connectivity index (χ1n) is 19.9. The third kappa shape index (κ3) is 5.66. The summed E-state index contributed by atoms with van der Waals surface area (Å²) in [5, 5.41) is 2.46. The predicted molar refractivity (Wildman–Crippen MR) is 244 cm³/mol. The van der Waals surface area contributed by atoms with E-state index in [2.05, 4.69) is 240 Å². The normalized spacial score (nSPS) is 12.1. The molecule has 2 heterocycles. The number of fused-ring (bicyclic) bond motifs is 5. The van der Waals surface area contributed by atoms with Crippen LogP contribution in [0.1, 0.15) is 22.3 Å². The standard InChI is InChI=1S/C56H38N2/c1-6-18-39(19-7-1)43-30-34-52-49(36-43)50-37-44(40-20-8-2-9-21-40)31-35-53(50)58(52)46-32-33-48-54(38-46)57(45-26-14-5-15-27-45)51-29-17-16-28-47(51)56(48)55(41-22-10-3-11-23-41)42-24-12-4-13-25-42/h1-38H. The van der Waals surface area contributed by atoms with Crippen LogP contribution in [-0.4, -0.2) is 4.57 Å². The molecule has 0 atom stereocenters. The fourth-order valence-electron chi connectivity index (χ4n) is 8.92. The Bertz CT molecular complexity index is 2990. The predicted octanol–water partition coefficient (Wildman–Crippen LogP) is 14.9. The molecule has 1 aromatic heterocycles. The van der Waals surface area contributed by atoms with Crippen LogP contribution in [0.4, 0.5) is 17.1 Å². The molecular formula is C56H38N2. The van der Waals surface area contributed by atoms with Gasteiger partial charge in [0.2, 0.25) is 0 Å². The van der Waals surface area contributed by atoms with E-state index in [0.29, 0.717) is 0 Å². The van der Waals surface area contributed by atoms with E-state index in [0.717, 1.165) is 22.7 Å². The molecule has 1 aliphatic heterocycles. The highest BCUT2D eigenvalue weighted by atomic mass is 15.2. The van der Waals surface area contributed by atoms with Gasteiger partial charge in [-0.1, -0.05) is 176 Å². The van der Waals surface area contributed by atoms with Crippen molar-refractivity contribution in [2.45, 2.75) is 0 Å². The summed E-state index contributed by atoms with van der Waals surface area (Å²) < 4.78 is 2.46. The maximum absolute atomic E-state index is 2.46. The van der Waals surface area contributed by atoms with Gasteiger partial charge in [0.05, 0.1) is 22.4 Å². The van der Waals surface area contributed by atoms with Gasteiger partial charge in [0.25, 0.3) is 0 Å². The molecule has 0 bridgehead atoms. The van der Waals surface area contributed by atoms with Crippen molar-refractivity contribution < 1.29 is 0 Å². The summed E-state index contributed by atoms with van der Waals surface area (Å²) in [5.41, 5.74) is 18.9. The van der Waals surface area contributed by atoms with Crippen LogP contribution in [0.5, 0.6) is 0 Å². The van der Waals surface area contributed by atoms with Gasteiger partial charge >= 0.3 is 0 Å². The van der Waals surface area contributed by atoms with Gasteiger partial charge in [-0.15, -0.1) is 0 Å². The third-order valence-corrected chi connectivity index (χ3v) is 11.5. The van der Waals surface area contributed by atoms with E-state index in [1.54, 1.807) is 0 Å². The van der Waals surface area contributed by atoms with Crippen LogP contribution in [-0.2, 0) is 0 Å². The molecule has 0 spiro atoms. The zero-order valence-electron chi connectivity index (χ0n) is 31.8. The molecule has 0 saturated carbocycles. The van der Waals surface area contributed by atoms with Gasteiger partial charge in [-0.05, 0) is 93.6 Å². The number of nitrogens with zero attached hydrogens (tertiary/aromatic N) is 2. The fourth-order valence-corrected chi connectivity index (χ4v) is 8.92. The van der Waals surface area contributed by atoms with Crippen LogP contribution in [0.25, 0.3) is 60.9 Å². The lowest BCUT2D eigenvalue weighted by molar-refractivity contribution is 1.16. The molecule has 58 heavy (non-hydrogen) atoms. The Kier molecular flexibility index (Phi) is 8.19. The quantitative estimate of drug-likeness (QED) is 0.165. The lowest BCUT2D eigenvalue weighted by Gasteiger charge is -2.36. The fraction of sp³-hybridized carbons (Fsp3) is 0. The second kappa shape index (κ2) is 14.1. The Morgan fingerprint density at radius 3 is 1.33 bits per heavy atom. The summed E-state index contributed by atoms with van der Waals surface area (Å²) in [7, 11) is 0. The lowest BCUT2D eigenvalue weighted by Crippen LogP contribution is -2.19. The maximum Gasteiger partial charge on any atom is 0.0561 e. The molecule has 2 heteroatoms. The van der Waals surface area contributed by atoms with Crippen molar-refractivity contribution in [1.82, 2.24) is 4.57 Å². The SMILES string of the molecule is c1ccc(C(=C2c3ccccc3N(c3ccccc3)c3cc(-n4c5ccc(-c6ccccc6)cc5c5cc(-c6ccccc6)ccc54)ccc32)c2ccccc2)cc1. The van der Waals surface area contributed by atoms with Crippen LogP contribution in [0.15, 0.2) is 231 Å². The zero-order chi connectivity index (χ0) is 38.4. The van der Waals surface area contributed by atoms with Crippen LogP contribution in [0.2, 0.25) is 0 Å². The van der Waals surface area contributed by atoms with Crippen LogP contribution < -0.4 is 4.90 Å². The zero-order valence-corrected chi connectivity index (χ0v) is 31.8. The highest BCUT2D eigenvalue weighted by Crippen LogP contribution is 2.52. The number of hydrogen-bond donors (Lipinski definition) is 0. The molecule has 0 unspecified atom stereocenters. The van der Waals surface area contributed by atoms with Crippen LogP contribution >= 0.6 is 0 Å². The second-order valence-corrected chi connectivity index (χ2v) is 14.9. The minimum atomic E-state index is 1.11. The molecule has 0 fully saturated rings. The maximum atomic E-state index is 2.46. The van der Waals surface area contributed by atoms with Crippen molar-refractivity contribution >= 4 is 50.0 Å². The topological polar surface area (TPSA) is 8.17 Å². The molecule has 0 radical (unpaired) electrons. The van der Waals surface area contributed by atoms with E-state index in [1.165, 1.54) is 77.5 Å². The van der Waals surface area contributed by atoms with E-state index >= 15 is 0 Å². The number of rotatable bonds is 6. The summed E-state index contributed by atoms with van der Waals surface area (Å²) in [4.78, 5) is 2.44. The summed E-state index contributed by atoms with van der Waals surface area (Å²) in [6.07, 6.45) is 0. The monoisotopic (exact) mass is 738 g/mol. The Balaban J connectivity index is 1.21. The molecule has 0 amide bonds. The minimum Gasteiger partial charge on any atom is -0.309 e. The highest BCUT2D eigenvalue weighted by molar-refractivity contribution is 6.14. The van der Waals surface area contributed by atoms with Gasteiger partial charge < -0.3 is 9.47 Å². The van der Waals surface area contributed by atoms with Crippen molar-refractivity contribution in [3.8, 4) is 27.9 Å². The first kappa shape index (κ1) is 33.6. The molecule has 272 valence electrons. The van der Waals surface area contributed by atoms with E-state index in [-0.39, 0.29) is 0 Å². The molecular weight excluding hydrogens is 701 g/mol. The van der Waals surface area contributed by atoms with Crippen molar-refractivity contribution in [2.75, 3.05) is 4.90 Å². The van der Waals surface area contributed by atoms with E-state index in [4.69, 9.17) is 0 Å². The average molecular weight is 739 g/mol. The van der Waals surface area contributed by atoms with Gasteiger partial charge in [-0.2, -0.15) is 0 Å². The van der Waals surface area contributed by atoms with E-state index < -0.39 is 0 Å². The summed E-state index contributed by atoms with van der Waals surface area (Å²) >= 11 is 0. The van der Waals surface area contributed by atoms with Crippen LogP contribution in [0.3, 0.4) is 0 Å². The Labute approximate surface area is 338 Å². The van der Waals surface area contributed by atoms with Crippen molar-refractivity contribution in [1.29, 1.82) is 0 Å². The Morgan fingerprint density at radius 1 is 0.310 bits per heavy atom.